The van der Waals surface area contributed by atoms with E-state index in [0.717, 1.165) is 10.9 Å². The van der Waals surface area contributed by atoms with Crippen LogP contribution in [-0.4, -0.2) is 5.91 Å². The molecule has 0 atom stereocenters. The van der Waals surface area contributed by atoms with E-state index in [0.29, 0.717) is 10.6 Å². The molecule has 2 aromatic rings. The number of nitrogens with one attached hydrogen (secondary N) is 1. The third-order valence-corrected chi connectivity index (χ3v) is 3.59. The van der Waals surface area contributed by atoms with Gasteiger partial charge in [-0.3, -0.25) is 4.79 Å². The Balaban J connectivity index is 2.22. The Bertz CT molecular complexity index is 668. The van der Waals surface area contributed by atoms with Crippen molar-refractivity contribution in [3.8, 4) is 6.07 Å². The van der Waals surface area contributed by atoms with Crippen molar-refractivity contribution in [1.29, 1.82) is 5.26 Å². The SMILES string of the molecule is Cc1sc(C(=O)Nc2ccc(C#N)cc2F)cc1N. The first-order valence-corrected chi connectivity index (χ1v) is 6.20. The molecular weight excluding hydrogens is 265 g/mol. The molecule has 19 heavy (non-hydrogen) atoms. The van der Waals surface area contributed by atoms with Gasteiger partial charge in [0.25, 0.3) is 5.91 Å². The number of hydrogen-bond acceptors (Lipinski definition) is 4. The van der Waals surface area contributed by atoms with Crippen molar-refractivity contribution in [2.75, 3.05) is 11.1 Å². The topological polar surface area (TPSA) is 78.9 Å². The van der Waals surface area contributed by atoms with Crippen LogP contribution < -0.4 is 11.1 Å². The Morgan fingerprint density at radius 2 is 2.21 bits per heavy atom. The van der Waals surface area contributed by atoms with E-state index in [1.54, 1.807) is 13.0 Å². The third kappa shape index (κ3) is 2.72. The first-order chi connectivity index (χ1) is 9.01. The van der Waals surface area contributed by atoms with Crippen molar-refractivity contribution in [2.45, 2.75) is 6.92 Å². The Morgan fingerprint density at radius 1 is 1.47 bits per heavy atom. The van der Waals surface area contributed by atoms with Crippen LogP contribution in [0.5, 0.6) is 0 Å². The first-order valence-electron chi connectivity index (χ1n) is 5.38. The van der Waals surface area contributed by atoms with Gasteiger partial charge in [0, 0.05) is 10.6 Å². The maximum atomic E-state index is 13.6. The van der Waals surface area contributed by atoms with E-state index in [9.17, 15) is 9.18 Å². The summed E-state index contributed by atoms with van der Waals surface area (Å²) in [4.78, 5) is 13.2. The number of nitrogens with zero attached hydrogens (tertiary/aromatic N) is 1. The highest BCUT2D eigenvalue weighted by Crippen LogP contribution is 2.25. The van der Waals surface area contributed by atoms with Crippen LogP contribution in [0.2, 0.25) is 0 Å². The van der Waals surface area contributed by atoms with E-state index in [1.165, 1.54) is 23.5 Å². The molecule has 1 amide bonds. The molecule has 0 bridgehead atoms. The lowest BCUT2D eigenvalue weighted by Gasteiger charge is -2.04. The lowest BCUT2D eigenvalue weighted by Crippen LogP contribution is -2.11. The van der Waals surface area contributed by atoms with Crippen LogP contribution >= 0.6 is 11.3 Å². The Kier molecular flexibility index (Phi) is 3.49. The summed E-state index contributed by atoms with van der Waals surface area (Å²) in [6.45, 7) is 1.80. The Morgan fingerprint density at radius 3 is 2.74 bits per heavy atom. The number of thiophene rings is 1. The minimum atomic E-state index is -0.645. The van der Waals surface area contributed by atoms with Gasteiger partial charge in [0.05, 0.1) is 22.2 Å². The van der Waals surface area contributed by atoms with Gasteiger partial charge in [-0.05, 0) is 31.2 Å². The average molecular weight is 275 g/mol. The van der Waals surface area contributed by atoms with E-state index in [-0.39, 0.29) is 11.3 Å². The fourth-order valence-corrected chi connectivity index (χ4v) is 2.31. The highest BCUT2D eigenvalue weighted by molar-refractivity contribution is 7.14. The normalized spacial score (nSPS) is 9.95. The molecule has 0 aliphatic heterocycles. The number of nitrogen functional groups attached to an aromatic ring is 1. The zero-order valence-corrected chi connectivity index (χ0v) is 10.8. The molecule has 0 unspecified atom stereocenters. The van der Waals surface area contributed by atoms with Crippen molar-refractivity contribution in [2.24, 2.45) is 0 Å². The summed E-state index contributed by atoms with van der Waals surface area (Å²) in [5, 5.41) is 11.1. The van der Waals surface area contributed by atoms with Crippen LogP contribution in [0.15, 0.2) is 24.3 Å². The van der Waals surface area contributed by atoms with Gasteiger partial charge in [0.2, 0.25) is 0 Å². The van der Waals surface area contributed by atoms with E-state index in [2.05, 4.69) is 5.32 Å². The number of carbonyl (C=O) groups excluding carboxylic acids is 1. The zero-order chi connectivity index (χ0) is 14.0. The van der Waals surface area contributed by atoms with E-state index in [4.69, 9.17) is 11.0 Å². The molecule has 1 aromatic heterocycles. The van der Waals surface area contributed by atoms with Crippen LogP contribution in [-0.2, 0) is 0 Å². The molecule has 0 saturated heterocycles. The number of amides is 1. The number of halogens is 1. The number of aryl methyl sites for hydroxylation is 1. The summed E-state index contributed by atoms with van der Waals surface area (Å²) in [7, 11) is 0. The predicted octanol–water partition coefficient (Wildman–Crippen LogP) is 2.90. The monoisotopic (exact) mass is 275 g/mol. The Hall–Kier alpha value is -2.39. The smallest absolute Gasteiger partial charge is 0.265 e. The lowest BCUT2D eigenvalue weighted by molar-refractivity contribution is 0.103. The van der Waals surface area contributed by atoms with Gasteiger partial charge in [0.1, 0.15) is 5.82 Å². The molecule has 0 spiro atoms. The largest absolute Gasteiger partial charge is 0.398 e. The maximum Gasteiger partial charge on any atom is 0.265 e. The molecule has 6 heteroatoms. The number of hydrogen-bond donors (Lipinski definition) is 2. The second kappa shape index (κ2) is 5.08. The summed E-state index contributed by atoms with van der Waals surface area (Å²) < 4.78 is 13.6. The number of carbonyl (C=O) groups is 1. The molecular formula is C13H10FN3OS. The van der Waals surface area contributed by atoms with Gasteiger partial charge in [-0.1, -0.05) is 0 Å². The highest BCUT2D eigenvalue weighted by Gasteiger charge is 2.13. The van der Waals surface area contributed by atoms with Crippen molar-refractivity contribution in [3.05, 3.63) is 45.4 Å². The molecule has 3 N–H and O–H groups in total. The average Bonchev–Trinajstić information content (AvgIpc) is 2.72. The first kappa shape index (κ1) is 13.1. The van der Waals surface area contributed by atoms with Crippen LogP contribution in [0.25, 0.3) is 0 Å². The van der Waals surface area contributed by atoms with Crippen LogP contribution in [0.1, 0.15) is 20.1 Å². The molecule has 1 aromatic carbocycles. The third-order valence-electron chi connectivity index (χ3n) is 2.53. The number of anilines is 2. The summed E-state index contributed by atoms with van der Waals surface area (Å²) in [5.41, 5.74) is 6.43. The standard InChI is InChI=1S/C13H10FN3OS/c1-7-10(16)5-12(19-7)13(18)17-11-3-2-8(6-15)4-9(11)14/h2-5H,16H2,1H3,(H,17,18). The summed E-state index contributed by atoms with van der Waals surface area (Å²) in [5.74, 6) is -1.07. The van der Waals surface area contributed by atoms with Crippen LogP contribution in [0, 0.1) is 24.1 Å². The molecule has 0 saturated carbocycles. The van der Waals surface area contributed by atoms with E-state index in [1.807, 2.05) is 6.07 Å². The zero-order valence-electron chi connectivity index (χ0n) is 10.0. The molecule has 1 heterocycles. The molecule has 2 rings (SSSR count). The fourth-order valence-electron chi connectivity index (χ4n) is 1.48. The van der Waals surface area contributed by atoms with Gasteiger partial charge in [0.15, 0.2) is 0 Å². The van der Waals surface area contributed by atoms with Gasteiger partial charge < -0.3 is 11.1 Å². The lowest BCUT2D eigenvalue weighted by atomic mass is 10.2. The minimum Gasteiger partial charge on any atom is -0.398 e. The second-order valence-corrected chi connectivity index (χ2v) is 5.14. The Labute approximate surface area is 113 Å². The highest BCUT2D eigenvalue weighted by atomic mass is 32.1. The number of nitriles is 1. The van der Waals surface area contributed by atoms with E-state index < -0.39 is 11.7 Å². The van der Waals surface area contributed by atoms with Crippen molar-refractivity contribution < 1.29 is 9.18 Å². The fraction of sp³-hybridized carbons (Fsp3) is 0.0769. The van der Waals surface area contributed by atoms with Crippen molar-refractivity contribution in [1.82, 2.24) is 0 Å². The summed E-state index contributed by atoms with van der Waals surface area (Å²) in [6, 6.07) is 7.24. The second-order valence-electron chi connectivity index (χ2n) is 3.88. The maximum absolute atomic E-state index is 13.6. The van der Waals surface area contributed by atoms with E-state index >= 15 is 0 Å². The number of nitrogens with two attached hydrogens (primary N) is 1. The molecule has 96 valence electrons. The molecule has 0 fully saturated rings. The van der Waals surface area contributed by atoms with Crippen LogP contribution in [0.3, 0.4) is 0 Å². The van der Waals surface area contributed by atoms with Gasteiger partial charge >= 0.3 is 0 Å². The summed E-state index contributed by atoms with van der Waals surface area (Å²) in [6.07, 6.45) is 0. The molecule has 0 aliphatic carbocycles. The van der Waals surface area contributed by atoms with Crippen LogP contribution in [0.4, 0.5) is 15.8 Å². The van der Waals surface area contributed by atoms with Gasteiger partial charge in [-0.25, -0.2) is 4.39 Å². The predicted molar refractivity (Wildman–Crippen MR) is 72.5 cm³/mol. The molecule has 0 radical (unpaired) electrons. The molecule has 0 aliphatic rings. The van der Waals surface area contributed by atoms with Crippen molar-refractivity contribution in [3.63, 3.8) is 0 Å². The van der Waals surface area contributed by atoms with Crippen molar-refractivity contribution >= 4 is 28.6 Å². The number of rotatable bonds is 2. The van der Waals surface area contributed by atoms with Gasteiger partial charge in [-0.2, -0.15) is 5.26 Å². The summed E-state index contributed by atoms with van der Waals surface area (Å²) >= 11 is 1.24. The number of benzene rings is 1. The quantitative estimate of drug-likeness (QED) is 0.884. The minimum absolute atomic E-state index is 0.0358. The molecule has 4 nitrogen and oxygen atoms in total. The van der Waals surface area contributed by atoms with Gasteiger partial charge in [-0.15, -0.1) is 11.3 Å².